The third kappa shape index (κ3) is 1.70. The molecular weight excluding hydrogens is 180 g/mol. The molecule has 2 rings (SSSR count). The molecule has 13 heavy (non-hydrogen) atoms. The van der Waals surface area contributed by atoms with Crippen molar-refractivity contribution in [1.82, 2.24) is 4.98 Å². The number of pyridine rings is 1. The average molecular weight is 190 g/mol. The number of nitrogen functional groups attached to an aromatic ring is 1. The van der Waals surface area contributed by atoms with Crippen molar-refractivity contribution in [2.45, 2.75) is 6.92 Å². The minimum atomic E-state index is 0.571. The number of aromatic nitrogens is 1. The molecule has 2 nitrogen and oxygen atoms in total. The van der Waals surface area contributed by atoms with E-state index in [2.05, 4.69) is 23.4 Å². The minimum Gasteiger partial charge on any atom is -0.384 e. The van der Waals surface area contributed by atoms with Crippen LogP contribution >= 0.6 is 11.3 Å². The molecule has 3 heteroatoms. The Morgan fingerprint density at radius 2 is 2.23 bits per heavy atom. The van der Waals surface area contributed by atoms with Crippen molar-refractivity contribution < 1.29 is 0 Å². The van der Waals surface area contributed by atoms with Crippen LogP contribution in [0.5, 0.6) is 0 Å². The van der Waals surface area contributed by atoms with Crippen molar-refractivity contribution in [3.8, 4) is 11.3 Å². The molecule has 2 N–H and O–H groups in total. The number of nitrogens with zero attached hydrogens (tertiary/aromatic N) is 1. The van der Waals surface area contributed by atoms with E-state index < -0.39 is 0 Å². The smallest absolute Gasteiger partial charge is 0.124 e. The van der Waals surface area contributed by atoms with E-state index in [1.165, 1.54) is 4.88 Å². The van der Waals surface area contributed by atoms with E-state index in [0.717, 1.165) is 11.3 Å². The monoisotopic (exact) mass is 190 g/mol. The lowest BCUT2D eigenvalue weighted by atomic mass is 10.2. The van der Waals surface area contributed by atoms with Crippen LogP contribution in [0, 0.1) is 6.92 Å². The number of nitrogens with two attached hydrogens (primary N) is 1. The predicted molar refractivity (Wildman–Crippen MR) is 56.7 cm³/mol. The summed E-state index contributed by atoms with van der Waals surface area (Å²) in [6.45, 7) is 2.08. The summed E-state index contributed by atoms with van der Waals surface area (Å²) < 4.78 is 0. The first kappa shape index (κ1) is 8.26. The first-order chi connectivity index (χ1) is 6.25. The molecule has 0 aliphatic rings. The van der Waals surface area contributed by atoms with Crippen molar-refractivity contribution in [3.05, 3.63) is 34.5 Å². The van der Waals surface area contributed by atoms with E-state index in [-0.39, 0.29) is 0 Å². The van der Waals surface area contributed by atoms with Crippen molar-refractivity contribution in [2.24, 2.45) is 0 Å². The van der Waals surface area contributed by atoms with Crippen LogP contribution in [0.2, 0.25) is 0 Å². The average Bonchev–Trinajstić information content (AvgIpc) is 2.52. The van der Waals surface area contributed by atoms with Gasteiger partial charge in [0.2, 0.25) is 0 Å². The summed E-state index contributed by atoms with van der Waals surface area (Å²) in [6.07, 6.45) is 0. The second-order valence-electron chi connectivity index (χ2n) is 2.89. The fourth-order valence-corrected chi connectivity index (χ4v) is 1.89. The maximum absolute atomic E-state index is 5.60. The largest absolute Gasteiger partial charge is 0.384 e. The molecule has 0 aliphatic carbocycles. The fourth-order valence-electron chi connectivity index (χ4n) is 1.19. The van der Waals surface area contributed by atoms with Crippen LogP contribution < -0.4 is 5.73 Å². The van der Waals surface area contributed by atoms with E-state index in [9.17, 15) is 0 Å². The van der Waals surface area contributed by atoms with Gasteiger partial charge in [-0.2, -0.15) is 0 Å². The zero-order chi connectivity index (χ0) is 9.26. The van der Waals surface area contributed by atoms with Gasteiger partial charge < -0.3 is 5.73 Å². The zero-order valence-electron chi connectivity index (χ0n) is 7.32. The predicted octanol–water partition coefficient (Wildman–Crippen LogP) is 2.70. The number of thiophene rings is 1. The van der Waals surface area contributed by atoms with Gasteiger partial charge in [0.1, 0.15) is 5.82 Å². The summed E-state index contributed by atoms with van der Waals surface area (Å²) in [5.41, 5.74) is 7.69. The summed E-state index contributed by atoms with van der Waals surface area (Å²) in [6, 6.07) is 7.80. The van der Waals surface area contributed by atoms with E-state index in [4.69, 9.17) is 5.73 Å². The van der Waals surface area contributed by atoms with Crippen LogP contribution in [0.15, 0.2) is 29.6 Å². The highest BCUT2D eigenvalue weighted by molar-refractivity contribution is 7.10. The molecule has 0 bridgehead atoms. The van der Waals surface area contributed by atoms with Crippen LogP contribution in [0.1, 0.15) is 4.88 Å². The molecule has 0 radical (unpaired) electrons. The number of rotatable bonds is 1. The maximum atomic E-state index is 5.60. The van der Waals surface area contributed by atoms with Gasteiger partial charge in [0.25, 0.3) is 0 Å². The van der Waals surface area contributed by atoms with Gasteiger partial charge in [0.05, 0.1) is 5.69 Å². The van der Waals surface area contributed by atoms with Gasteiger partial charge in [-0.3, -0.25) is 0 Å². The quantitative estimate of drug-likeness (QED) is 0.751. The summed E-state index contributed by atoms with van der Waals surface area (Å²) in [5.74, 6) is 0.571. The number of hydrogen-bond acceptors (Lipinski definition) is 3. The van der Waals surface area contributed by atoms with Crippen LogP contribution in [-0.4, -0.2) is 4.98 Å². The molecule has 2 heterocycles. The van der Waals surface area contributed by atoms with E-state index in [1.54, 1.807) is 17.4 Å². The Bertz CT molecular complexity index is 420. The number of hydrogen-bond donors (Lipinski definition) is 1. The number of aryl methyl sites for hydroxylation is 1. The van der Waals surface area contributed by atoms with Gasteiger partial charge in [0, 0.05) is 15.8 Å². The van der Waals surface area contributed by atoms with Gasteiger partial charge in [0.15, 0.2) is 0 Å². The standard InChI is InChI=1S/C10H10N2S/c1-7-5-8(6-13-7)9-3-2-4-10(11)12-9/h2-6H,1H3,(H2,11,12). The Hall–Kier alpha value is -1.35. The van der Waals surface area contributed by atoms with E-state index >= 15 is 0 Å². The molecule has 0 aliphatic heterocycles. The first-order valence-electron chi connectivity index (χ1n) is 4.04. The normalized spacial score (nSPS) is 10.2. The molecule has 0 fully saturated rings. The summed E-state index contributed by atoms with van der Waals surface area (Å²) in [5, 5.41) is 2.09. The van der Waals surface area contributed by atoms with Gasteiger partial charge in [-0.25, -0.2) is 4.98 Å². The van der Waals surface area contributed by atoms with Crippen LogP contribution in [0.3, 0.4) is 0 Å². The van der Waals surface area contributed by atoms with Gasteiger partial charge in [-0.15, -0.1) is 11.3 Å². The highest BCUT2D eigenvalue weighted by atomic mass is 32.1. The first-order valence-corrected chi connectivity index (χ1v) is 4.92. The molecule has 2 aromatic heterocycles. The van der Waals surface area contributed by atoms with Gasteiger partial charge in [-0.1, -0.05) is 6.07 Å². The van der Waals surface area contributed by atoms with Crippen molar-refractivity contribution in [3.63, 3.8) is 0 Å². The highest BCUT2D eigenvalue weighted by Gasteiger charge is 2.00. The van der Waals surface area contributed by atoms with Gasteiger partial charge in [-0.05, 0) is 25.1 Å². The summed E-state index contributed by atoms with van der Waals surface area (Å²) in [4.78, 5) is 5.53. The molecule has 0 unspecified atom stereocenters. The minimum absolute atomic E-state index is 0.571. The molecule has 0 atom stereocenters. The van der Waals surface area contributed by atoms with Crippen LogP contribution in [-0.2, 0) is 0 Å². The van der Waals surface area contributed by atoms with Crippen LogP contribution in [0.25, 0.3) is 11.3 Å². The third-order valence-corrected chi connectivity index (χ3v) is 2.66. The zero-order valence-corrected chi connectivity index (χ0v) is 8.14. The molecule has 0 amide bonds. The van der Waals surface area contributed by atoms with Crippen molar-refractivity contribution in [2.75, 3.05) is 5.73 Å². The summed E-state index contributed by atoms with van der Waals surface area (Å²) in [7, 11) is 0. The maximum Gasteiger partial charge on any atom is 0.124 e. The lowest BCUT2D eigenvalue weighted by Gasteiger charge is -1.97. The number of anilines is 1. The van der Waals surface area contributed by atoms with Crippen molar-refractivity contribution >= 4 is 17.2 Å². The lowest BCUT2D eigenvalue weighted by molar-refractivity contribution is 1.34. The van der Waals surface area contributed by atoms with Crippen molar-refractivity contribution in [1.29, 1.82) is 0 Å². The Morgan fingerprint density at radius 1 is 1.38 bits per heavy atom. The Morgan fingerprint density at radius 3 is 2.85 bits per heavy atom. The Kier molecular flexibility index (Phi) is 2.02. The third-order valence-electron chi connectivity index (χ3n) is 1.80. The van der Waals surface area contributed by atoms with Crippen LogP contribution in [0.4, 0.5) is 5.82 Å². The molecular formula is C10H10N2S. The lowest BCUT2D eigenvalue weighted by Crippen LogP contribution is -1.90. The molecule has 0 saturated heterocycles. The second kappa shape index (κ2) is 3.18. The second-order valence-corrected chi connectivity index (χ2v) is 4.01. The molecule has 2 aromatic rings. The Labute approximate surface area is 81.1 Å². The Balaban J connectivity index is 2.46. The van der Waals surface area contributed by atoms with Gasteiger partial charge >= 0.3 is 0 Å². The molecule has 0 spiro atoms. The SMILES string of the molecule is Cc1cc(-c2cccc(N)n2)cs1. The van der Waals surface area contributed by atoms with E-state index in [1.807, 2.05) is 12.1 Å². The molecule has 66 valence electrons. The molecule has 0 saturated carbocycles. The van der Waals surface area contributed by atoms with E-state index in [0.29, 0.717) is 5.82 Å². The highest BCUT2D eigenvalue weighted by Crippen LogP contribution is 2.23. The topological polar surface area (TPSA) is 38.9 Å². The fraction of sp³-hybridized carbons (Fsp3) is 0.100. The molecule has 0 aromatic carbocycles. The summed E-state index contributed by atoms with van der Waals surface area (Å²) >= 11 is 1.72.